The van der Waals surface area contributed by atoms with Gasteiger partial charge < -0.3 is 5.21 Å². The van der Waals surface area contributed by atoms with E-state index >= 15 is 0 Å². The Bertz CT molecular complexity index is 237. The third kappa shape index (κ3) is 2.32. The predicted molar refractivity (Wildman–Crippen MR) is 57.4 cm³/mol. The number of hydroxylamine groups is 2. The molecule has 4 heteroatoms. The highest BCUT2D eigenvalue weighted by atomic mass is 16.6. The van der Waals surface area contributed by atoms with Crippen molar-refractivity contribution in [2.45, 2.75) is 44.9 Å². The molecule has 2 aliphatic rings. The fraction of sp³-hybridized carbons (Fsp3) is 0.909. The first-order valence-corrected chi connectivity index (χ1v) is 6.11. The molecule has 15 heavy (non-hydrogen) atoms. The number of nitrogens with zero attached hydrogens (tertiary/aromatic N) is 2. The standard InChI is InChI=1S/C11H20N2O2/c14-11-7-3-1-4-8-12(11)13(15)9-5-2-6-10-13/h1-10H2. The summed E-state index contributed by atoms with van der Waals surface area (Å²) in [6.45, 7) is 1.87. The van der Waals surface area contributed by atoms with Crippen molar-refractivity contribution in [3.63, 3.8) is 0 Å². The molecule has 0 aliphatic carbocycles. The van der Waals surface area contributed by atoms with Crippen LogP contribution in [0.15, 0.2) is 0 Å². The molecule has 0 radical (unpaired) electrons. The van der Waals surface area contributed by atoms with Crippen molar-refractivity contribution in [2.24, 2.45) is 0 Å². The van der Waals surface area contributed by atoms with E-state index < -0.39 is 0 Å². The Kier molecular flexibility index (Phi) is 3.26. The third-order valence-electron chi connectivity index (χ3n) is 3.50. The maximum absolute atomic E-state index is 12.5. The first kappa shape index (κ1) is 10.9. The molecule has 0 bridgehead atoms. The number of carbonyl (C=O) groups excluding carboxylic acids is 1. The van der Waals surface area contributed by atoms with Gasteiger partial charge in [-0.05, 0) is 32.1 Å². The van der Waals surface area contributed by atoms with Gasteiger partial charge in [-0.15, -0.1) is 0 Å². The molecule has 4 nitrogen and oxygen atoms in total. The largest absolute Gasteiger partial charge is 0.606 e. The SMILES string of the molecule is O=C1CCCCCN1[N+]1([O-])CCCCC1. The topological polar surface area (TPSA) is 43.4 Å². The van der Waals surface area contributed by atoms with Crippen LogP contribution in [0.3, 0.4) is 0 Å². The molecular formula is C11H20N2O2. The van der Waals surface area contributed by atoms with Gasteiger partial charge in [-0.1, -0.05) is 6.42 Å². The molecule has 2 saturated heterocycles. The first-order valence-electron chi connectivity index (χ1n) is 6.11. The van der Waals surface area contributed by atoms with Gasteiger partial charge in [0.05, 0.1) is 6.54 Å². The first-order chi connectivity index (χ1) is 7.22. The lowest BCUT2D eigenvalue weighted by molar-refractivity contribution is -0.985. The number of carbonyl (C=O) groups is 1. The van der Waals surface area contributed by atoms with Gasteiger partial charge in [-0.25, -0.2) is 0 Å². The van der Waals surface area contributed by atoms with Crippen LogP contribution in [0.5, 0.6) is 0 Å². The molecule has 86 valence electrons. The van der Waals surface area contributed by atoms with Crippen LogP contribution in [0.2, 0.25) is 0 Å². The highest BCUT2D eigenvalue weighted by Crippen LogP contribution is 2.24. The molecule has 2 fully saturated rings. The molecule has 0 saturated carbocycles. The monoisotopic (exact) mass is 212 g/mol. The van der Waals surface area contributed by atoms with Crippen molar-refractivity contribution in [3.8, 4) is 0 Å². The number of quaternary nitrogens is 1. The average Bonchev–Trinajstić information content (AvgIpc) is 2.44. The lowest BCUT2D eigenvalue weighted by atomic mass is 10.1. The molecular weight excluding hydrogens is 192 g/mol. The van der Waals surface area contributed by atoms with E-state index in [1.807, 2.05) is 0 Å². The van der Waals surface area contributed by atoms with Crippen molar-refractivity contribution in [1.29, 1.82) is 0 Å². The van der Waals surface area contributed by atoms with Gasteiger partial charge in [0.2, 0.25) is 0 Å². The summed E-state index contributed by atoms with van der Waals surface area (Å²) in [5.74, 6) is 0.0735. The number of rotatable bonds is 1. The Labute approximate surface area is 91.0 Å². The van der Waals surface area contributed by atoms with Crippen LogP contribution in [-0.2, 0) is 4.79 Å². The highest BCUT2D eigenvalue weighted by Gasteiger charge is 2.33. The van der Waals surface area contributed by atoms with Gasteiger partial charge in [0, 0.05) is 6.42 Å². The molecule has 0 aromatic heterocycles. The van der Waals surface area contributed by atoms with Crippen LogP contribution in [0, 0.1) is 5.21 Å². The molecule has 1 amide bonds. The van der Waals surface area contributed by atoms with Crippen molar-refractivity contribution < 1.29 is 9.55 Å². The molecule has 2 heterocycles. The van der Waals surface area contributed by atoms with Gasteiger partial charge in [0.1, 0.15) is 13.1 Å². The summed E-state index contributed by atoms with van der Waals surface area (Å²) in [6, 6.07) is 0. The van der Waals surface area contributed by atoms with E-state index in [9.17, 15) is 10.0 Å². The summed E-state index contributed by atoms with van der Waals surface area (Å²) in [4.78, 5) is 11.8. The molecule has 0 N–H and O–H groups in total. The minimum atomic E-state index is -0.362. The highest BCUT2D eigenvalue weighted by molar-refractivity contribution is 5.75. The van der Waals surface area contributed by atoms with Gasteiger partial charge >= 0.3 is 0 Å². The minimum Gasteiger partial charge on any atom is -0.606 e. The van der Waals surface area contributed by atoms with Gasteiger partial charge in [-0.2, -0.15) is 5.01 Å². The van der Waals surface area contributed by atoms with E-state index in [0.29, 0.717) is 26.1 Å². The zero-order valence-corrected chi connectivity index (χ0v) is 9.28. The maximum atomic E-state index is 12.5. The van der Waals surface area contributed by atoms with E-state index in [-0.39, 0.29) is 10.7 Å². The molecule has 0 atom stereocenters. The summed E-state index contributed by atoms with van der Waals surface area (Å²) in [7, 11) is 0. The van der Waals surface area contributed by atoms with E-state index in [1.165, 1.54) is 0 Å². The van der Waals surface area contributed by atoms with E-state index in [0.717, 1.165) is 38.5 Å². The Morgan fingerprint density at radius 2 is 1.67 bits per heavy atom. The number of amides is 1. The molecule has 0 spiro atoms. The van der Waals surface area contributed by atoms with Crippen LogP contribution in [-0.4, -0.2) is 35.3 Å². The molecule has 0 aromatic carbocycles. The number of hydrogen-bond donors (Lipinski definition) is 0. The lowest BCUT2D eigenvalue weighted by Crippen LogP contribution is -2.60. The minimum absolute atomic E-state index is 0.0735. The zero-order chi connectivity index (χ0) is 10.7. The van der Waals surface area contributed by atoms with Gasteiger partial charge in [-0.3, -0.25) is 9.55 Å². The molecule has 2 rings (SSSR count). The predicted octanol–water partition coefficient (Wildman–Crippen LogP) is 1.80. The van der Waals surface area contributed by atoms with E-state index in [4.69, 9.17) is 0 Å². The van der Waals surface area contributed by atoms with Crippen molar-refractivity contribution in [2.75, 3.05) is 19.6 Å². The fourth-order valence-corrected chi connectivity index (χ4v) is 2.60. The smallest absolute Gasteiger partial charge is 0.268 e. The summed E-state index contributed by atoms with van der Waals surface area (Å²) < 4.78 is -0.362. The summed E-state index contributed by atoms with van der Waals surface area (Å²) in [5, 5.41) is 14.1. The Morgan fingerprint density at radius 1 is 1.00 bits per heavy atom. The van der Waals surface area contributed by atoms with Gasteiger partial charge in [0.15, 0.2) is 0 Å². The summed E-state index contributed by atoms with van der Waals surface area (Å²) >= 11 is 0. The average molecular weight is 212 g/mol. The zero-order valence-electron chi connectivity index (χ0n) is 9.28. The van der Waals surface area contributed by atoms with E-state index in [1.54, 1.807) is 5.01 Å². The van der Waals surface area contributed by atoms with Crippen molar-refractivity contribution in [1.82, 2.24) is 5.01 Å². The summed E-state index contributed by atoms with van der Waals surface area (Å²) in [6.07, 6.45) is 6.68. The lowest BCUT2D eigenvalue weighted by Gasteiger charge is -2.50. The Balaban J connectivity index is 2.08. The third-order valence-corrected chi connectivity index (χ3v) is 3.50. The van der Waals surface area contributed by atoms with Crippen molar-refractivity contribution in [3.05, 3.63) is 5.21 Å². The number of piperidine rings is 1. The Morgan fingerprint density at radius 3 is 2.40 bits per heavy atom. The maximum Gasteiger partial charge on any atom is 0.268 e. The second-order valence-electron chi connectivity index (χ2n) is 4.68. The fourth-order valence-electron chi connectivity index (χ4n) is 2.60. The van der Waals surface area contributed by atoms with Crippen LogP contribution < -0.4 is 0 Å². The quantitative estimate of drug-likeness (QED) is 0.491. The molecule has 0 aromatic rings. The summed E-state index contributed by atoms with van der Waals surface area (Å²) in [5.41, 5.74) is 0. The normalized spacial score (nSPS) is 27.5. The Hall–Kier alpha value is -0.610. The van der Waals surface area contributed by atoms with E-state index in [2.05, 4.69) is 0 Å². The van der Waals surface area contributed by atoms with Crippen molar-refractivity contribution >= 4 is 5.91 Å². The van der Waals surface area contributed by atoms with Crippen LogP contribution in [0.4, 0.5) is 0 Å². The second kappa shape index (κ2) is 4.49. The number of hydrogen-bond acceptors (Lipinski definition) is 2. The molecule has 0 unspecified atom stereocenters. The van der Waals surface area contributed by atoms with Crippen LogP contribution >= 0.6 is 0 Å². The molecule has 2 aliphatic heterocycles. The van der Waals surface area contributed by atoms with Crippen LogP contribution in [0.25, 0.3) is 0 Å². The second-order valence-corrected chi connectivity index (χ2v) is 4.68. The van der Waals surface area contributed by atoms with Crippen LogP contribution in [0.1, 0.15) is 44.9 Å². The van der Waals surface area contributed by atoms with Gasteiger partial charge in [0.25, 0.3) is 5.91 Å².